The van der Waals surface area contributed by atoms with E-state index in [2.05, 4.69) is 0 Å². The van der Waals surface area contributed by atoms with Gasteiger partial charge in [-0.1, -0.05) is 36.4 Å². The highest BCUT2D eigenvalue weighted by atomic mass is 19.3. The van der Waals surface area contributed by atoms with Crippen molar-refractivity contribution in [1.29, 1.82) is 0 Å². The topological polar surface area (TPSA) is 20.3 Å². The first-order valence-electron chi connectivity index (χ1n) is 5.92. The van der Waals surface area contributed by atoms with Gasteiger partial charge in [0, 0.05) is 13.1 Å². The molecule has 1 amide bonds. The molecule has 0 bridgehead atoms. The molecule has 0 aromatic heterocycles. The van der Waals surface area contributed by atoms with E-state index in [1.165, 1.54) is 6.08 Å². The summed E-state index contributed by atoms with van der Waals surface area (Å²) in [5.41, 5.74) is 0.643. The van der Waals surface area contributed by atoms with E-state index in [4.69, 9.17) is 0 Å². The molecule has 0 saturated carbocycles. The van der Waals surface area contributed by atoms with Gasteiger partial charge in [0.05, 0.1) is 0 Å². The summed E-state index contributed by atoms with van der Waals surface area (Å²) in [5, 5.41) is 0. The molecular weight excluding hydrogens is 236 g/mol. The third-order valence-electron chi connectivity index (χ3n) is 2.62. The molecule has 0 radical (unpaired) electrons. The number of alkyl halides is 2. The molecule has 0 aliphatic rings. The molecule has 1 aromatic rings. The Bertz CT molecular complexity index is 411. The number of halogens is 2. The van der Waals surface area contributed by atoms with Gasteiger partial charge in [0.2, 0.25) is 0 Å². The Morgan fingerprint density at radius 3 is 2.28 bits per heavy atom. The highest BCUT2D eigenvalue weighted by molar-refractivity contribution is 5.86. The third-order valence-corrected chi connectivity index (χ3v) is 2.62. The normalized spacial score (nSPS) is 11.8. The van der Waals surface area contributed by atoms with Gasteiger partial charge in [-0.3, -0.25) is 4.79 Å². The van der Waals surface area contributed by atoms with E-state index in [9.17, 15) is 13.6 Å². The van der Waals surface area contributed by atoms with E-state index >= 15 is 0 Å². The highest BCUT2D eigenvalue weighted by Gasteiger charge is 2.38. The molecule has 1 rings (SSSR count). The van der Waals surface area contributed by atoms with Crippen LogP contribution in [0, 0.1) is 0 Å². The van der Waals surface area contributed by atoms with Crippen LogP contribution in [-0.4, -0.2) is 29.8 Å². The lowest BCUT2D eigenvalue weighted by Crippen LogP contribution is -2.42. The summed E-state index contributed by atoms with van der Waals surface area (Å²) in [4.78, 5) is 12.7. The predicted octanol–water partition coefficient (Wildman–Crippen LogP) is 3.20. The highest BCUT2D eigenvalue weighted by Crippen LogP contribution is 2.20. The molecule has 2 nitrogen and oxygen atoms in total. The van der Waals surface area contributed by atoms with E-state index in [-0.39, 0.29) is 13.1 Å². The maximum atomic E-state index is 13.6. The Hall–Kier alpha value is -1.71. The second kappa shape index (κ2) is 6.28. The van der Waals surface area contributed by atoms with E-state index in [0.29, 0.717) is 11.6 Å². The van der Waals surface area contributed by atoms with Crippen molar-refractivity contribution in [1.82, 2.24) is 4.90 Å². The Labute approximate surface area is 106 Å². The van der Waals surface area contributed by atoms with Crippen LogP contribution in [0.25, 0.3) is 6.08 Å². The quantitative estimate of drug-likeness (QED) is 0.789. The Morgan fingerprint density at radius 1 is 1.22 bits per heavy atom. The first-order chi connectivity index (χ1) is 8.51. The monoisotopic (exact) mass is 253 g/mol. The van der Waals surface area contributed by atoms with Gasteiger partial charge in [-0.15, -0.1) is 0 Å². The molecule has 1 aromatic carbocycles. The van der Waals surface area contributed by atoms with Crippen molar-refractivity contribution in [3.8, 4) is 0 Å². The van der Waals surface area contributed by atoms with Crippen LogP contribution in [0.3, 0.4) is 0 Å². The molecule has 98 valence electrons. The molecule has 0 atom stereocenters. The van der Waals surface area contributed by atoms with Crippen molar-refractivity contribution >= 4 is 12.0 Å². The molecular formula is C14H17F2NO. The number of amides is 1. The zero-order valence-corrected chi connectivity index (χ0v) is 10.6. The average molecular weight is 253 g/mol. The van der Waals surface area contributed by atoms with Gasteiger partial charge >= 0.3 is 5.92 Å². The third kappa shape index (κ3) is 3.65. The minimum absolute atomic E-state index is 0.282. The number of hydrogen-bond acceptors (Lipinski definition) is 1. The van der Waals surface area contributed by atoms with Crippen LogP contribution in [0.5, 0.6) is 0 Å². The van der Waals surface area contributed by atoms with Crippen LogP contribution in [0.1, 0.15) is 19.4 Å². The van der Waals surface area contributed by atoms with E-state index in [1.54, 1.807) is 44.2 Å². The molecule has 0 unspecified atom stereocenters. The zero-order chi connectivity index (χ0) is 13.6. The van der Waals surface area contributed by atoms with E-state index < -0.39 is 11.8 Å². The standard InChI is InChI=1S/C14H17F2NO/c1-3-17(4-2)13(18)14(15,16)11-10-12-8-6-5-7-9-12/h5-11H,3-4H2,1-2H3. The number of rotatable bonds is 5. The van der Waals surface area contributed by atoms with Crippen LogP contribution in [0.4, 0.5) is 8.78 Å². The largest absolute Gasteiger partial charge is 0.343 e. The van der Waals surface area contributed by atoms with E-state index in [1.807, 2.05) is 0 Å². The van der Waals surface area contributed by atoms with Crippen molar-refractivity contribution in [3.63, 3.8) is 0 Å². The molecule has 0 aliphatic heterocycles. The summed E-state index contributed by atoms with van der Waals surface area (Å²) in [6.07, 6.45) is 1.92. The maximum absolute atomic E-state index is 13.6. The number of carbonyl (C=O) groups excluding carboxylic acids is 1. The van der Waals surface area contributed by atoms with Crippen LogP contribution < -0.4 is 0 Å². The Balaban J connectivity index is 2.81. The van der Waals surface area contributed by atoms with Gasteiger partial charge < -0.3 is 4.90 Å². The van der Waals surface area contributed by atoms with Crippen molar-refractivity contribution in [3.05, 3.63) is 42.0 Å². The van der Waals surface area contributed by atoms with Crippen LogP contribution in [-0.2, 0) is 4.79 Å². The van der Waals surface area contributed by atoms with Crippen molar-refractivity contribution in [2.45, 2.75) is 19.8 Å². The minimum atomic E-state index is -3.46. The predicted molar refractivity (Wildman–Crippen MR) is 68.4 cm³/mol. The van der Waals surface area contributed by atoms with Gasteiger partial charge in [0.25, 0.3) is 5.91 Å². The number of carbonyl (C=O) groups is 1. The van der Waals surface area contributed by atoms with Gasteiger partial charge in [-0.25, -0.2) is 0 Å². The van der Waals surface area contributed by atoms with Crippen molar-refractivity contribution in [2.75, 3.05) is 13.1 Å². The molecule has 0 spiro atoms. The summed E-state index contributed by atoms with van der Waals surface area (Å²) in [5.74, 6) is -4.61. The fourth-order valence-corrected chi connectivity index (χ4v) is 1.56. The summed E-state index contributed by atoms with van der Waals surface area (Å²) < 4.78 is 27.3. The van der Waals surface area contributed by atoms with Gasteiger partial charge in [0.15, 0.2) is 0 Å². The van der Waals surface area contributed by atoms with Crippen LogP contribution >= 0.6 is 0 Å². The second-order valence-corrected chi connectivity index (χ2v) is 3.84. The van der Waals surface area contributed by atoms with Crippen molar-refractivity contribution < 1.29 is 13.6 Å². The zero-order valence-electron chi connectivity index (χ0n) is 10.6. The first kappa shape index (κ1) is 14.4. The van der Waals surface area contributed by atoms with Crippen LogP contribution in [0.15, 0.2) is 36.4 Å². The van der Waals surface area contributed by atoms with Gasteiger partial charge in [-0.2, -0.15) is 8.78 Å². The summed E-state index contributed by atoms with van der Waals surface area (Å²) >= 11 is 0. The fourth-order valence-electron chi connectivity index (χ4n) is 1.56. The van der Waals surface area contributed by atoms with Gasteiger partial charge in [0.1, 0.15) is 0 Å². The maximum Gasteiger partial charge on any atom is 0.343 e. The molecule has 0 aliphatic carbocycles. The average Bonchev–Trinajstić information content (AvgIpc) is 2.39. The first-order valence-corrected chi connectivity index (χ1v) is 5.92. The fraction of sp³-hybridized carbons (Fsp3) is 0.357. The lowest BCUT2D eigenvalue weighted by atomic mass is 10.1. The molecule has 0 N–H and O–H groups in total. The molecule has 0 saturated heterocycles. The van der Waals surface area contributed by atoms with Gasteiger partial charge in [-0.05, 0) is 25.5 Å². The Kier molecular flexibility index (Phi) is 5.01. The second-order valence-electron chi connectivity index (χ2n) is 3.84. The number of hydrogen-bond donors (Lipinski definition) is 0. The summed E-state index contributed by atoms with van der Waals surface area (Å²) in [6.45, 7) is 3.92. The minimum Gasteiger partial charge on any atom is -0.338 e. The number of benzene rings is 1. The van der Waals surface area contributed by atoms with Crippen LogP contribution in [0.2, 0.25) is 0 Å². The van der Waals surface area contributed by atoms with E-state index in [0.717, 1.165) is 4.90 Å². The summed E-state index contributed by atoms with van der Waals surface area (Å²) in [7, 11) is 0. The molecule has 18 heavy (non-hydrogen) atoms. The summed E-state index contributed by atoms with van der Waals surface area (Å²) in [6, 6.07) is 8.72. The molecule has 0 fully saturated rings. The molecule has 4 heteroatoms. The lowest BCUT2D eigenvalue weighted by Gasteiger charge is -2.22. The number of nitrogens with zero attached hydrogens (tertiary/aromatic N) is 1. The lowest BCUT2D eigenvalue weighted by molar-refractivity contribution is -0.150. The Morgan fingerprint density at radius 2 is 1.78 bits per heavy atom. The molecule has 0 heterocycles. The smallest absolute Gasteiger partial charge is 0.338 e. The van der Waals surface area contributed by atoms with Crippen molar-refractivity contribution in [2.24, 2.45) is 0 Å². The SMILES string of the molecule is CCN(CC)C(=O)C(F)(F)C=Cc1ccccc1.